The number of sulfone groups is 1. The highest BCUT2D eigenvalue weighted by atomic mass is 32.2. The van der Waals surface area contributed by atoms with Crippen molar-refractivity contribution < 1.29 is 23.1 Å². The zero-order chi connectivity index (χ0) is 26.3. The molecule has 198 valence electrons. The highest BCUT2D eigenvalue weighted by molar-refractivity contribution is 7.91. The first kappa shape index (κ1) is 28.2. The Morgan fingerprint density at radius 1 is 1.22 bits per heavy atom. The third-order valence-corrected chi connectivity index (χ3v) is 9.25. The van der Waals surface area contributed by atoms with Crippen LogP contribution < -0.4 is 15.4 Å². The fourth-order valence-electron chi connectivity index (χ4n) is 5.08. The number of methoxy groups -OCH3 is 1. The Kier molecular flexibility index (Phi) is 9.55. The lowest BCUT2D eigenvalue weighted by atomic mass is 9.88. The lowest BCUT2D eigenvalue weighted by molar-refractivity contribution is -0.137. The van der Waals surface area contributed by atoms with Crippen molar-refractivity contribution >= 4 is 15.8 Å². The molecule has 0 aromatic heterocycles. The second kappa shape index (κ2) is 12.2. The predicted octanol–water partition coefficient (Wildman–Crippen LogP) is 4.84. The Morgan fingerprint density at radius 3 is 2.53 bits per heavy atom. The molecule has 36 heavy (non-hydrogen) atoms. The third kappa shape index (κ3) is 6.47. The quantitative estimate of drug-likeness (QED) is 0.371. The van der Waals surface area contributed by atoms with Crippen LogP contribution in [0.1, 0.15) is 82.0 Å². The number of fused-ring (bicyclic) bond motifs is 1. The van der Waals surface area contributed by atoms with Crippen LogP contribution in [0.3, 0.4) is 0 Å². The van der Waals surface area contributed by atoms with E-state index in [1.54, 1.807) is 13.2 Å². The fraction of sp³-hybridized carbons (Fsp3) is 0.536. The molecule has 1 unspecified atom stereocenters. The molecule has 0 spiro atoms. The fourth-order valence-corrected chi connectivity index (χ4v) is 7.26. The molecule has 3 rings (SSSR count). The van der Waals surface area contributed by atoms with Gasteiger partial charge in [0.2, 0.25) is 0 Å². The molecule has 0 fully saturated rings. The van der Waals surface area contributed by atoms with Crippen LogP contribution in [-0.4, -0.2) is 43.9 Å². The number of carbonyl (C=O) groups is 1. The molecule has 7 nitrogen and oxygen atoms in total. The molecule has 1 aliphatic rings. The van der Waals surface area contributed by atoms with Gasteiger partial charge in [-0.1, -0.05) is 63.9 Å². The van der Waals surface area contributed by atoms with Gasteiger partial charge in [0.05, 0.1) is 30.2 Å². The van der Waals surface area contributed by atoms with Crippen LogP contribution in [0.4, 0.5) is 0 Å². The third-order valence-electron chi connectivity index (χ3n) is 7.29. The topological polar surface area (TPSA) is 105 Å². The molecule has 0 radical (unpaired) electrons. The number of hydrogen-bond acceptors (Lipinski definition) is 6. The highest BCUT2D eigenvalue weighted by Crippen LogP contribution is 2.40. The largest absolute Gasteiger partial charge is 0.496 e. The van der Waals surface area contributed by atoms with Crippen LogP contribution in [0, 0.1) is 0 Å². The van der Waals surface area contributed by atoms with Crippen molar-refractivity contribution in [1.82, 2.24) is 10.6 Å². The van der Waals surface area contributed by atoms with Gasteiger partial charge in [0.1, 0.15) is 5.75 Å². The first-order valence-electron chi connectivity index (χ1n) is 12.9. The van der Waals surface area contributed by atoms with Gasteiger partial charge in [-0.25, -0.2) is 8.42 Å². The maximum absolute atomic E-state index is 13.9. The minimum atomic E-state index is -3.62. The van der Waals surface area contributed by atoms with Crippen LogP contribution in [0.15, 0.2) is 47.4 Å². The minimum Gasteiger partial charge on any atom is -0.496 e. The van der Waals surface area contributed by atoms with E-state index in [2.05, 4.69) is 24.5 Å². The summed E-state index contributed by atoms with van der Waals surface area (Å²) < 4.78 is 33.6. The average molecular weight is 517 g/mol. The molecule has 0 saturated heterocycles. The molecular weight excluding hydrogens is 476 g/mol. The van der Waals surface area contributed by atoms with Gasteiger partial charge in [-0.05, 0) is 42.5 Å². The normalized spacial score (nSPS) is 21.8. The van der Waals surface area contributed by atoms with Crippen LogP contribution in [0.5, 0.6) is 5.75 Å². The van der Waals surface area contributed by atoms with Crippen molar-refractivity contribution in [2.24, 2.45) is 0 Å². The molecule has 3 N–H and O–H groups in total. The lowest BCUT2D eigenvalue weighted by Crippen LogP contribution is -2.50. The predicted molar refractivity (Wildman–Crippen MR) is 142 cm³/mol. The van der Waals surface area contributed by atoms with E-state index in [1.807, 2.05) is 43.3 Å². The molecular formula is C28H40N2O5S. The highest BCUT2D eigenvalue weighted by Gasteiger charge is 2.42. The lowest BCUT2D eigenvalue weighted by Gasteiger charge is -2.36. The number of rotatable bonds is 12. The van der Waals surface area contributed by atoms with Gasteiger partial charge >= 0.3 is 5.97 Å². The van der Waals surface area contributed by atoms with Crippen molar-refractivity contribution in [3.63, 3.8) is 0 Å². The molecule has 1 aliphatic heterocycles. The van der Waals surface area contributed by atoms with Crippen LogP contribution in [-0.2, 0) is 21.2 Å². The van der Waals surface area contributed by atoms with Crippen LogP contribution in [0.2, 0.25) is 0 Å². The number of ether oxygens (including phenoxy) is 1. The number of carboxylic acid groups (broad SMARTS) is 1. The van der Waals surface area contributed by atoms with Gasteiger partial charge in [0.25, 0.3) is 0 Å². The Hall–Kier alpha value is -2.42. The Morgan fingerprint density at radius 2 is 1.94 bits per heavy atom. The van der Waals surface area contributed by atoms with Gasteiger partial charge < -0.3 is 15.2 Å². The van der Waals surface area contributed by atoms with Crippen LogP contribution in [0.25, 0.3) is 0 Å². The zero-order valence-electron chi connectivity index (χ0n) is 21.8. The number of hydrogen-bond donors (Lipinski definition) is 3. The average Bonchev–Trinajstić information content (AvgIpc) is 2.97. The smallest absolute Gasteiger partial charge is 0.304 e. The molecule has 3 atom stereocenters. The van der Waals surface area contributed by atoms with Gasteiger partial charge in [-0.2, -0.15) is 0 Å². The number of benzene rings is 2. The Balaban J connectivity index is 2.13. The van der Waals surface area contributed by atoms with E-state index >= 15 is 0 Å². The molecule has 0 saturated carbocycles. The molecule has 0 bridgehead atoms. The van der Waals surface area contributed by atoms with E-state index < -0.39 is 21.3 Å². The van der Waals surface area contributed by atoms with E-state index in [0.717, 1.165) is 24.8 Å². The summed E-state index contributed by atoms with van der Waals surface area (Å²) in [6.45, 7) is 6.42. The van der Waals surface area contributed by atoms with E-state index in [1.165, 1.54) is 0 Å². The molecule has 0 amide bonds. The van der Waals surface area contributed by atoms with Gasteiger partial charge in [-0.15, -0.1) is 0 Å². The molecule has 8 heteroatoms. The summed E-state index contributed by atoms with van der Waals surface area (Å²) >= 11 is 0. The van der Waals surface area contributed by atoms with Crippen molar-refractivity contribution in [1.29, 1.82) is 0 Å². The summed E-state index contributed by atoms with van der Waals surface area (Å²) in [5.41, 5.74) is 1.85. The summed E-state index contributed by atoms with van der Waals surface area (Å²) in [6, 6.07) is 13.0. The Bertz CT molecular complexity index is 1140. The number of carboxylic acids is 1. The van der Waals surface area contributed by atoms with Crippen LogP contribution >= 0.6 is 0 Å². The maximum atomic E-state index is 13.9. The summed E-state index contributed by atoms with van der Waals surface area (Å²) in [5.74, 6) is -0.254. The molecule has 0 aliphatic carbocycles. The summed E-state index contributed by atoms with van der Waals surface area (Å²) in [7, 11) is -2.04. The maximum Gasteiger partial charge on any atom is 0.304 e. The molecule has 2 aromatic carbocycles. The van der Waals surface area contributed by atoms with Gasteiger partial charge in [0, 0.05) is 23.7 Å². The first-order valence-corrected chi connectivity index (χ1v) is 14.5. The summed E-state index contributed by atoms with van der Waals surface area (Å²) in [5, 5.41) is 16.2. The van der Waals surface area contributed by atoms with Crippen molar-refractivity contribution in [3.8, 4) is 5.75 Å². The van der Waals surface area contributed by atoms with E-state index in [-0.39, 0.29) is 24.3 Å². The number of unbranched alkanes of at least 4 members (excludes halogenated alkanes) is 1. The van der Waals surface area contributed by atoms with Crippen molar-refractivity contribution in [2.75, 3.05) is 12.9 Å². The van der Waals surface area contributed by atoms with Crippen molar-refractivity contribution in [2.45, 2.75) is 88.4 Å². The molecule has 2 aromatic rings. The number of aliphatic carboxylic acids is 1. The number of nitrogens with one attached hydrogen (secondary N) is 2. The first-order chi connectivity index (χ1) is 17.2. The summed E-state index contributed by atoms with van der Waals surface area (Å²) in [6.07, 6.45) is 4.05. The van der Waals surface area contributed by atoms with E-state index in [4.69, 9.17) is 4.74 Å². The zero-order valence-corrected chi connectivity index (χ0v) is 22.7. The van der Waals surface area contributed by atoms with E-state index in [0.29, 0.717) is 41.2 Å². The van der Waals surface area contributed by atoms with Gasteiger partial charge in [-0.3, -0.25) is 10.1 Å². The van der Waals surface area contributed by atoms with E-state index in [9.17, 15) is 18.3 Å². The second-order valence-electron chi connectivity index (χ2n) is 9.77. The second-order valence-corrected chi connectivity index (χ2v) is 11.7. The SMILES string of the molecule is CCCC[C@]1(CC)CS(=O)(=O)c2cc(CNC(CC)CC(=O)O)c(OC)cc2[C@@H](c2ccccc2)N1. The Labute approximate surface area is 215 Å². The summed E-state index contributed by atoms with van der Waals surface area (Å²) in [4.78, 5) is 11.5. The van der Waals surface area contributed by atoms with Gasteiger partial charge in [0.15, 0.2) is 9.84 Å². The standard InChI is InChI=1S/C28H40N2O5S/c1-5-8-14-28(7-3)19-36(33,34)25-15-21(18-29-22(6-2)16-26(31)32)24(35-4)17-23(25)27(30-28)20-12-10-9-11-13-20/h9-13,15,17,22,27,29-30H,5-8,14,16,18-19H2,1-4H3,(H,31,32)/t22?,27-,28-/m1/s1. The molecule has 1 heterocycles. The van der Waals surface area contributed by atoms with Crippen molar-refractivity contribution in [3.05, 3.63) is 59.2 Å². The monoisotopic (exact) mass is 516 g/mol. The minimum absolute atomic E-state index is 0.00148.